The number of carbonyl (C=O) groups is 2. The molecule has 0 aliphatic carbocycles. The molecule has 0 radical (unpaired) electrons. The number of benzene rings is 2. The monoisotopic (exact) mass is 397 g/mol. The van der Waals surface area contributed by atoms with Gasteiger partial charge < -0.3 is 15.5 Å². The van der Waals surface area contributed by atoms with Crippen molar-refractivity contribution in [2.24, 2.45) is 0 Å². The van der Waals surface area contributed by atoms with E-state index in [0.29, 0.717) is 27.3 Å². The van der Waals surface area contributed by atoms with Gasteiger partial charge in [-0.2, -0.15) is 0 Å². The molecular formula is C17H14Cl3N3O2. The number of hydrogen-bond donors (Lipinski definition) is 2. The fraction of sp³-hybridized carbons (Fsp3) is 0.176. The van der Waals surface area contributed by atoms with Crippen LogP contribution in [-0.2, 0) is 4.79 Å². The lowest BCUT2D eigenvalue weighted by Crippen LogP contribution is -2.39. The van der Waals surface area contributed by atoms with Crippen LogP contribution in [-0.4, -0.2) is 24.5 Å². The molecule has 1 unspecified atom stereocenters. The predicted octanol–water partition coefficient (Wildman–Crippen LogP) is 4.57. The number of urea groups is 1. The van der Waals surface area contributed by atoms with Gasteiger partial charge in [0.2, 0.25) is 5.91 Å². The van der Waals surface area contributed by atoms with E-state index in [4.69, 9.17) is 34.8 Å². The Kier molecular flexibility index (Phi) is 5.37. The first-order valence-electron chi connectivity index (χ1n) is 7.51. The van der Waals surface area contributed by atoms with Gasteiger partial charge in [0.15, 0.2) is 0 Å². The molecule has 3 amide bonds. The summed E-state index contributed by atoms with van der Waals surface area (Å²) in [6.45, 7) is 0.391. The molecule has 2 N–H and O–H groups in total. The van der Waals surface area contributed by atoms with Gasteiger partial charge in [0, 0.05) is 28.7 Å². The fourth-order valence-electron chi connectivity index (χ4n) is 2.61. The Morgan fingerprint density at radius 2 is 1.72 bits per heavy atom. The van der Waals surface area contributed by atoms with E-state index in [9.17, 15) is 9.59 Å². The maximum Gasteiger partial charge on any atom is 0.319 e. The van der Waals surface area contributed by atoms with Crippen molar-refractivity contribution in [2.75, 3.05) is 16.8 Å². The zero-order chi connectivity index (χ0) is 18.0. The van der Waals surface area contributed by atoms with Gasteiger partial charge in [-0.25, -0.2) is 4.79 Å². The van der Waals surface area contributed by atoms with Gasteiger partial charge in [0.05, 0.1) is 16.8 Å². The van der Waals surface area contributed by atoms with Crippen LogP contribution in [0.1, 0.15) is 6.42 Å². The molecule has 1 heterocycles. The topological polar surface area (TPSA) is 61.4 Å². The summed E-state index contributed by atoms with van der Waals surface area (Å²) in [6, 6.07) is 11.1. The van der Waals surface area contributed by atoms with E-state index in [1.807, 2.05) is 0 Å². The maximum atomic E-state index is 12.2. The number of nitrogens with zero attached hydrogens (tertiary/aromatic N) is 1. The van der Waals surface area contributed by atoms with Crippen molar-refractivity contribution >= 4 is 58.1 Å². The predicted molar refractivity (Wildman–Crippen MR) is 101 cm³/mol. The van der Waals surface area contributed by atoms with E-state index in [1.54, 1.807) is 47.4 Å². The van der Waals surface area contributed by atoms with Crippen LogP contribution in [0.5, 0.6) is 0 Å². The van der Waals surface area contributed by atoms with Crippen LogP contribution in [0.3, 0.4) is 0 Å². The summed E-state index contributed by atoms with van der Waals surface area (Å²) in [5.74, 6) is -0.0582. The second-order valence-electron chi connectivity index (χ2n) is 5.60. The minimum absolute atomic E-state index is 0.0582. The number of carbonyl (C=O) groups excluding carboxylic acids is 2. The third kappa shape index (κ3) is 4.37. The summed E-state index contributed by atoms with van der Waals surface area (Å²) in [5, 5.41) is 6.86. The van der Waals surface area contributed by atoms with Crippen LogP contribution >= 0.6 is 34.8 Å². The van der Waals surface area contributed by atoms with Crippen molar-refractivity contribution in [3.63, 3.8) is 0 Å². The number of halogens is 3. The van der Waals surface area contributed by atoms with Crippen LogP contribution in [0.25, 0.3) is 0 Å². The molecule has 5 nitrogen and oxygen atoms in total. The lowest BCUT2D eigenvalue weighted by atomic mass is 10.2. The van der Waals surface area contributed by atoms with E-state index in [-0.39, 0.29) is 18.4 Å². The average Bonchev–Trinajstić information content (AvgIpc) is 2.91. The van der Waals surface area contributed by atoms with E-state index in [2.05, 4.69) is 10.6 Å². The first-order chi connectivity index (χ1) is 11.9. The molecule has 0 spiro atoms. The van der Waals surface area contributed by atoms with Gasteiger partial charge in [-0.1, -0.05) is 34.8 Å². The highest BCUT2D eigenvalue weighted by molar-refractivity contribution is 6.36. The van der Waals surface area contributed by atoms with Crippen LogP contribution in [0.4, 0.5) is 16.2 Å². The Balaban J connectivity index is 1.61. The van der Waals surface area contributed by atoms with E-state index in [0.717, 1.165) is 5.69 Å². The molecule has 1 aliphatic heterocycles. The molecular weight excluding hydrogens is 385 g/mol. The molecule has 0 aromatic heterocycles. The van der Waals surface area contributed by atoms with Crippen molar-refractivity contribution in [2.45, 2.75) is 12.5 Å². The van der Waals surface area contributed by atoms with E-state index >= 15 is 0 Å². The molecule has 3 rings (SSSR count). The number of anilines is 2. The summed E-state index contributed by atoms with van der Waals surface area (Å²) in [6.07, 6.45) is 0.227. The fourth-order valence-corrected chi connectivity index (χ4v) is 3.19. The number of hydrogen-bond acceptors (Lipinski definition) is 2. The van der Waals surface area contributed by atoms with Gasteiger partial charge in [0.1, 0.15) is 0 Å². The van der Waals surface area contributed by atoms with E-state index < -0.39 is 6.03 Å². The number of rotatable bonds is 3. The molecule has 25 heavy (non-hydrogen) atoms. The molecule has 8 heteroatoms. The molecule has 2 aromatic rings. The molecule has 2 aromatic carbocycles. The quantitative estimate of drug-likeness (QED) is 0.795. The minimum atomic E-state index is -0.431. The molecule has 1 saturated heterocycles. The molecule has 0 bridgehead atoms. The molecule has 1 aliphatic rings. The first kappa shape index (κ1) is 17.9. The highest BCUT2D eigenvalue weighted by atomic mass is 35.5. The number of nitrogens with one attached hydrogen (secondary N) is 2. The van der Waals surface area contributed by atoms with Gasteiger partial charge in [-0.05, 0) is 42.5 Å². The van der Waals surface area contributed by atoms with Gasteiger partial charge >= 0.3 is 6.03 Å². The van der Waals surface area contributed by atoms with Crippen molar-refractivity contribution in [1.82, 2.24) is 5.32 Å². The highest BCUT2D eigenvalue weighted by Gasteiger charge is 2.31. The zero-order valence-corrected chi connectivity index (χ0v) is 15.2. The number of amides is 3. The molecule has 130 valence electrons. The highest BCUT2D eigenvalue weighted by Crippen LogP contribution is 2.26. The first-order valence-corrected chi connectivity index (χ1v) is 8.64. The zero-order valence-electron chi connectivity index (χ0n) is 12.9. The summed E-state index contributed by atoms with van der Waals surface area (Å²) in [7, 11) is 0. The third-order valence-electron chi connectivity index (χ3n) is 3.78. The third-order valence-corrected chi connectivity index (χ3v) is 4.58. The average molecular weight is 399 g/mol. The van der Waals surface area contributed by atoms with Crippen LogP contribution in [0, 0.1) is 0 Å². The van der Waals surface area contributed by atoms with Crippen LogP contribution in [0.2, 0.25) is 15.1 Å². The summed E-state index contributed by atoms with van der Waals surface area (Å²) >= 11 is 17.7. The maximum absolute atomic E-state index is 12.2. The smallest absolute Gasteiger partial charge is 0.319 e. The molecule has 1 fully saturated rings. The Morgan fingerprint density at radius 1 is 1.04 bits per heavy atom. The SMILES string of the molecule is O=C(Nc1ccc(Cl)cc1Cl)NC1CC(=O)N(c2ccc(Cl)cc2)C1. The Morgan fingerprint density at radius 3 is 2.40 bits per heavy atom. The van der Waals surface area contributed by atoms with Crippen molar-refractivity contribution in [3.8, 4) is 0 Å². The Hall–Kier alpha value is -1.95. The second-order valence-corrected chi connectivity index (χ2v) is 6.88. The van der Waals surface area contributed by atoms with Gasteiger partial charge in [-0.15, -0.1) is 0 Å². The van der Waals surface area contributed by atoms with Gasteiger partial charge in [-0.3, -0.25) is 4.79 Å². The Bertz CT molecular complexity index is 811. The van der Waals surface area contributed by atoms with Crippen molar-refractivity contribution in [1.29, 1.82) is 0 Å². The van der Waals surface area contributed by atoms with E-state index in [1.165, 1.54) is 0 Å². The molecule has 1 atom stereocenters. The summed E-state index contributed by atoms with van der Waals surface area (Å²) < 4.78 is 0. The van der Waals surface area contributed by atoms with Gasteiger partial charge in [0.25, 0.3) is 0 Å². The summed E-state index contributed by atoms with van der Waals surface area (Å²) in [5.41, 5.74) is 1.20. The largest absolute Gasteiger partial charge is 0.333 e. The van der Waals surface area contributed by atoms with Crippen LogP contribution < -0.4 is 15.5 Å². The minimum Gasteiger partial charge on any atom is -0.333 e. The standard InChI is InChI=1S/C17H14Cl3N3O2/c18-10-1-4-13(5-2-10)23-9-12(8-16(23)24)21-17(25)22-15-6-3-11(19)7-14(15)20/h1-7,12H,8-9H2,(H2,21,22,25). The van der Waals surface area contributed by atoms with Crippen LogP contribution in [0.15, 0.2) is 42.5 Å². The lowest BCUT2D eigenvalue weighted by molar-refractivity contribution is -0.117. The molecule has 0 saturated carbocycles. The summed E-state index contributed by atoms with van der Waals surface area (Å²) in [4.78, 5) is 25.9. The van der Waals surface area contributed by atoms with Crippen molar-refractivity contribution < 1.29 is 9.59 Å². The Labute approximate surface area is 159 Å². The second kappa shape index (κ2) is 7.52. The lowest BCUT2D eigenvalue weighted by Gasteiger charge is -2.17. The van der Waals surface area contributed by atoms with Crippen molar-refractivity contribution in [3.05, 3.63) is 57.5 Å². The normalized spacial score (nSPS) is 16.8.